The van der Waals surface area contributed by atoms with Gasteiger partial charge in [0, 0.05) is 42.1 Å². The number of oxazole rings is 1. The van der Waals surface area contributed by atoms with Gasteiger partial charge in [-0.2, -0.15) is 0 Å². The number of anilines is 1. The number of aromatic amines is 1. The lowest BCUT2D eigenvalue weighted by atomic mass is 9.77. The van der Waals surface area contributed by atoms with Gasteiger partial charge in [0.15, 0.2) is 5.58 Å². The standard InChI is InChI=1S/C41H49ClN4O7/c1-23(2)44-37(48)29-15-16-32(24(3)17-29)27-11-7-25(8-12-27)18-30(38(49)45-31-20-33(42)36-34(21-31)46-40(51)52-36)19-35(47)28-13-9-26(10-14-28)22-43-39(50)53-41(4,5)6/h7-8,11-12,15-17,20-21,23,26,28,30H,9-10,13-14,18-19,22H2,1-6H3,(H,43,50)(H,44,48)(H,45,49)(H,46,51)/t26?,28?,30-/m1/s1. The first kappa shape index (κ1) is 39.3. The Morgan fingerprint density at radius 3 is 2.32 bits per heavy atom. The summed E-state index contributed by atoms with van der Waals surface area (Å²) in [7, 11) is 0. The van der Waals surface area contributed by atoms with Crippen LogP contribution in [-0.2, 0) is 20.7 Å². The molecule has 0 unspecified atom stereocenters. The summed E-state index contributed by atoms with van der Waals surface area (Å²) in [4.78, 5) is 66.6. The first-order valence-electron chi connectivity index (χ1n) is 18.2. The number of ketones is 1. The minimum atomic E-state index is -0.682. The van der Waals surface area contributed by atoms with Crippen LogP contribution in [0.15, 0.2) is 63.8 Å². The number of H-pyrrole nitrogens is 1. The van der Waals surface area contributed by atoms with Crippen molar-refractivity contribution in [3.05, 3.63) is 86.9 Å². The molecule has 1 aliphatic carbocycles. The number of alkyl carbamates (subject to hydrolysis) is 1. The van der Waals surface area contributed by atoms with E-state index in [-0.39, 0.29) is 52.5 Å². The summed E-state index contributed by atoms with van der Waals surface area (Å²) in [5.41, 5.74) is 4.74. The average molecular weight is 745 g/mol. The molecule has 12 heteroatoms. The monoisotopic (exact) mass is 744 g/mol. The third kappa shape index (κ3) is 10.8. The summed E-state index contributed by atoms with van der Waals surface area (Å²) in [5, 5.41) is 8.84. The second-order valence-electron chi connectivity index (χ2n) is 15.4. The Labute approximate surface area is 314 Å². The van der Waals surface area contributed by atoms with Gasteiger partial charge in [0.25, 0.3) is 5.91 Å². The summed E-state index contributed by atoms with van der Waals surface area (Å²) in [5.74, 6) is -1.70. The number of nitrogens with one attached hydrogen (secondary N) is 4. The second kappa shape index (κ2) is 16.8. The van der Waals surface area contributed by atoms with Crippen molar-refractivity contribution < 1.29 is 28.3 Å². The van der Waals surface area contributed by atoms with Crippen molar-refractivity contribution in [3.63, 3.8) is 0 Å². The topological polar surface area (TPSA) is 160 Å². The van der Waals surface area contributed by atoms with Gasteiger partial charge >= 0.3 is 11.8 Å². The van der Waals surface area contributed by atoms with Gasteiger partial charge in [0.2, 0.25) is 5.91 Å². The maximum absolute atomic E-state index is 13.9. The number of amides is 3. The fourth-order valence-corrected chi connectivity index (χ4v) is 7.07. The number of hydrogen-bond acceptors (Lipinski definition) is 7. The molecule has 4 aromatic rings. The van der Waals surface area contributed by atoms with Crippen LogP contribution in [0, 0.1) is 24.7 Å². The van der Waals surface area contributed by atoms with Crippen molar-refractivity contribution >= 4 is 52.1 Å². The van der Waals surface area contributed by atoms with Gasteiger partial charge < -0.3 is 25.1 Å². The normalized spacial score (nSPS) is 16.6. The van der Waals surface area contributed by atoms with Gasteiger partial charge in [-0.1, -0.05) is 41.9 Å². The smallest absolute Gasteiger partial charge is 0.417 e. The van der Waals surface area contributed by atoms with Crippen LogP contribution in [0.4, 0.5) is 10.5 Å². The number of carbonyl (C=O) groups excluding carboxylic acids is 4. The Morgan fingerprint density at radius 1 is 0.981 bits per heavy atom. The summed E-state index contributed by atoms with van der Waals surface area (Å²) >= 11 is 6.35. The van der Waals surface area contributed by atoms with E-state index in [2.05, 4.69) is 20.9 Å². The zero-order valence-electron chi connectivity index (χ0n) is 31.2. The number of rotatable bonds is 12. The second-order valence-corrected chi connectivity index (χ2v) is 15.8. The molecule has 1 aliphatic rings. The van der Waals surface area contributed by atoms with Crippen LogP contribution >= 0.6 is 11.6 Å². The van der Waals surface area contributed by atoms with Crippen molar-refractivity contribution in [1.29, 1.82) is 0 Å². The number of fused-ring (bicyclic) bond motifs is 1. The number of aromatic nitrogens is 1. The Balaban J connectivity index is 1.28. The highest BCUT2D eigenvalue weighted by molar-refractivity contribution is 6.35. The Hall–Kier alpha value is -4.90. The highest BCUT2D eigenvalue weighted by atomic mass is 35.5. The fourth-order valence-electron chi connectivity index (χ4n) is 6.81. The van der Waals surface area contributed by atoms with Gasteiger partial charge in [-0.05, 0) is 126 Å². The summed E-state index contributed by atoms with van der Waals surface area (Å²) in [6.07, 6.45) is 2.86. The number of hydrogen-bond donors (Lipinski definition) is 4. The molecule has 0 aliphatic heterocycles. The molecule has 1 atom stereocenters. The van der Waals surface area contributed by atoms with E-state index in [1.807, 2.05) is 84.0 Å². The van der Waals surface area contributed by atoms with Crippen molar-refractivity contribution in [2.24, 2.45) is 17.8 Å². The van der Waals surface area contributed by atoms with Crippen LogP contribution in [0.2, 0.25) is 5.02 Å². The third-order valence-corrected chi connectivity index (χ3v) is 9.73. The van der Waals surface area contributed by atoms with Gasteiger partial charge in [-0.3, -0.25) is 19.4 Å². The molecular formula is C41H49ClN4O7. The summed E-state index contributed by atoms with van der Waals surface area (Å²) in [6.45, 7) is 11.8. The van der Waals surface area contributed by atoms with Crippen molar-refractivity contribution in [2.75, 3.05) is 11.9 Å². The first-order valence-corrected chi connectivity index (χ1v) is 18.6. The maximum atomic E-state index is 13.9. The highest BCUT2D eigenvalue weighted by Crippen LogP contribution is 2.33. The van der Waals surface area contributed by atoms with E-state index >= 15 is 0 Å². The Morgan fingerprint density at radius 2 is 1.68 bits per heavy atom. The Kier molecular flexibility index (Phi) is 12.5. The predicted octanol–water partition coefficient (Wildman–Crippen LogP) is 7.98. The lowest BCUT2D eigenvalue weighted by Crippen LogP contribution is -2.37. The van der Waals surface area contributed by atoms with Crippen LogP contribution in [0.1, 0.15) is 88.2 Å². The maximum Gasteiger partial charge on any atom is 0.417 e. The molecule has 0 radical (unpaired) electrons. The number of Topliss-reactive ketones (excluding diaryl/α,β-unsaturated/α-hetero) is 1. The SMILES string of the molecule is Cc1cc(C(=O)NC(C)C)ccc1-c1ccc(C[C@H](CC(=O)C2CCC(CNC(=O)OC(C)(C)C)CC2)C(=O)Nc2cc(Cl)c3oc(=O)[nH]c3c2)cc1. The minimum Gasteiger partial charge on any atom is -0.444 e. The fraction of sp³-hybridized carbons (Fsp3) is 0.439. The largest absolute Gasteiger partial charge is 0.444 e. The van der Waals surface area contributed by atoms with E-state index in [1.165, 1.54) is 6.07 Å². The molecule has 1 heterocycles. The molecule has 3 aromatic carbocycles. The first-order chi connectivity index (χ1) is 25.0. The third-order valence-electron chi connectivity index (χ3n) is 9.45. The van der Waals surface area contributed by atoms with E-state index < -0.39 is 23.4 Å². The van der Waals surface area contributed by atoms with Crippen LogP contribution in [0.3, 0.4) is 0 Å². The molecule has 11 nitrogen and oxygen atoms in total. The lowest BCUT2D eigenvalue weighted by molar-refractivity contribution is -0.129. The molecule has 0 saturated heterocycles. The molecule has 53 heavy (non-hydrogen) atoms. The van der Waals surface area contributed by atoms with Crippen LogP contribution in [-0.4, -0.2) is 46.9 Å². The summed E-state index contributed by atoms with van der Waals surface area (Å²) in [6, 6.07) is 16.6. The van der Waals surface area contributed by atoms with Crippen molar-refractivity contribution in [2.45, 2.75) is 91.7 Å². The number of benzene rings is 3. The van der Waals surface area contributed by atoms with E-state index in [0.717, 1.165) is 35.1 Å². The molecule has 1 aromatic heterocycles. The van der Waals surface area contributed by atoms with Crippen molar-refractivity contribution in [1.82, 2.24) is 15.6 Å². The number of aryl methyl sites for hydroxylation is 1. The zero-order chi connectivity index (χ0) is 38.4. The van der Waals surface area contributed by atoms with E-state index in [0.29, 0.717) is 42.6 Å². The number of ether oxygens (including phenoxy) is 1. The Bertz CT molecular complexity index is 2020. The van der Waals surface area contributed by atoms with Crippen LogP contribution in [0.25, 0.3) is 22.2 Å². The highest BCUT2D eigenvalue weighted by Gasteiger charge is 2.31. The van der Waals surface area contributed by atoms with E-state index in [9.17, 15) is 24.0 Å². The van der Waals surface area contributed by atoms with E-state index in [4.69, 9.17) is 20.8 Å². The molecular weight excluding hydrogens is 696 g/mol. The molecule has 1 saturated carbocycles. The number of carbonyl (C=O) groups is 4. The molecule has 0 spiro atoms. The molecule has 282 valence electrons. The van der Waals surface area contributed by atoms with E-state index in [1.54, 1.807) is 6.07 Å². The van der Waals surface area contributed by atoms with Crippen molar-refractivity contribution in [3.8, 4) is 11.1 Å². The molecule has 5 rings (SSSR count). The quantitative estimate of drug-likeness (QED) is 0.114. The lowest BCUT2D eigenvalue weighted by Gasteiger charge is -2.29. The van der Waals surface area contributed by atoms with Gasteiger partial charge in [0.1, 0.15) is 11.4 Å². The van der Waals surface area contributed by atoms with Gasteiger partial charge in [0.05, 0.1) is 10.5 Å². The molecule has 3 amide bonds. The van der Waals surface area contributed by atoms with Crippen LogP contribution in [0.5, 0.6) is 0 Å². The molecule has 4 N–H and O–H groups in total. The summed E-state index contributed by atoms with van der Waals surface area (Å²) < 4.78 is 10.4. The van der Waals surface area contributed by atoms with Gasteiger partial charge in [-0.15, -0.1) is 0 Å². The predicted molar refractivity (Wildman–Crippen MR) is 206 cm³/mol. The zero-order valence-corrected chi connectivity index (χ0v) is 31.9. The molecule has 1 fully saturated rings. The van der Waals surface area contributed by atoms with Gasteiger partial charge in [-0.25, -0.2) is 9.59 Å². The van der Waals surface area contributed by atoms with Crippen LogP contribution < -0.4 is 21.7 Å². The molecule has 0 bridgehead atoms. The minimum absolute atomic E-state index is 0.0326. The number of halogens is 1. The average Bonchev–Trinajstić information content (AvgIpc) is 3.47.